The standard InChI is InChI=1S/C13H15BrFNO2/c1-18-13(17)12(16-7-8-2-3-8)9-4-5-10(14)11(15)6-9/h4-6,8,12,16H,2-3,7H2,1H3. The maximum Gasteiger partial charge on any atom is 0.327 e. The molecule has 3 nitrogen and oxygen atoms in total. The molecule has 5 heteroatoms. The van der Waals surface area contributed by atoms with E-state index in [4.69, 9.17) is 4.74 Å². The van der Waals surface area contributed by atoms with Gasteiger partial charge in [-0.1, -0.05) is 6.07 Å². The molecule has 0 aromatic heterocycles. The van der Waals surface area contributed by atoms with Gasteiger partial charge in [-0.2, -0.15) is 0 Å². The third-order valence-electron chi connectivity index (χ3n) is 3.02. The van der Waals surface area contributed by atoms with Gasteiger partial charge < -0.3 is 10.1 Å². The van der Waals surface area contributed by atoms with Crippen molar-refractivity contribution in [2.45, 2.75) is 18.9 Å². The van der Waals surface area contributed by atoms with Gasteiger partial charge in [0.2, 0.25) is 0 Å². The number of ether oxygens (including phenoxy) is 1. The second kappa shape index (κ2) is 5.80. The molecule has 18 heavy (non-hydrogen) atoms. The lowest BCUT2D eigenvalue weighted by atomic mass is 10.1. The van der Waals surface area contributed by atoms with Gasteiger partial charge >= 0.3 is 5.97 Å². The molecule has 1 atom stereocenters. The van der Waals surface area contributed by atoms with Crippen molar-refractivity contribution >= 4 is 21.9 Å². The van der Waals surface area contributed by atoms with Gasteiger partial charge in [0.05, 0.1) is 11.6 Å². The molecular formula is C13H15BrFNO2. The lowest BCUT2D eigenvalue weighted by Crippen LogP contribution is -2.31. The summed E-state index contributed by atoms with van der Waals surface area (Å²) in [6, 6.07) is 4.07. The van der Waals surface area contributed by atoms with Crippen molar-refractivity contribution in [2.24, 2.45) is 5.92 Å². The molecule has 1 fully saturated rings. The molecule has 0 saturated heterocycles. The number of halogens is 2. The minimum absolute atomic E-state index is 0.380. The minimum Gasteiger partial charge on any atom is -0.468 e. The highest BCUT2D eigenvalue weighted by Crippen LogP contribution is 2.29. The molecule has 1 aliphatic carbocycles. The molecule has 0 heterocycles. The molecule has 2 rings (SSSR count). The largest absolute Gasteiger partial charge is 0.468 e. The summed E-state index contributed by atoms with van der Waals surface area (Å²) in [7, 11) is 1.34. The van der Waals surface area contributed by atoms with E-state index in [1.54, 1.807) is 12.1 Å². The SMILES string of the molecule is COC(=O)C(NCC1CC1)c1ccc(Br)c(F)c1. The van der Waals surface area contributed by atoms with Gasteiger partial charge in [0.1, 0.15) is 11.9 Å². The van der Waals surface area contributed by atoms with Crippen LogP contribution in [0.2, 0.25) is 0 Å². The fourth-order valence-corrected chi connectivity index (χ4v) is 2.00. The molecule has 0 radical (unpaired) electrons. The van der Waals surface area contributed by atoms with Crippen LogP contribution in [0.3, 0.4) is 0 Å². The molecule has 0 amide bonds. The quantitative estimate of drug-likeness (QED) is 0.849. The molecule has 1 saturated carbocycles. The Labute approximate surface area is 114 Å². The first kappa shape index (κ1) is 13.5. The first-order valence-electron chi connectivity index (χ1n) is 5.88. The van der Waals surface area contributed by atoms with Crippen LogP contribution in [0.15, 0.2) is 22.7 Å². The van der Waals surface area contributed by atoms with Crippen molar-refractivity contribution < 1.29 is 13.9 Å². The Morgan fingerprint density at radius 1 is 1.61 bits per heavy atom. The summed E-state index contributed by atoms with van der Waals surface area (Å²) in [5.74, 6) is -0.135. The summed E-state index contributed by atoms with van der Waals surface area (Å²) >= 11 is 3.09. The summed E-state index contributed by atoms with van der Waals surface area (Å²) in [6.07, 6.45) is 2.38. The number of carbonyl (C=O) groups excluding carboxylic acids is 1. The van der Waals surface area contributed by atoms with Gasteiger partial charge in [-0.05, 0) is 58.9 Å². The van der Waals surface area contributed by atoms with Crippen molar-refractivity contribution in [3.63, 3.8) is 0 Å². The summed E-state index contributed by atoms with van der Waals surface area (Å²) in [6.45, 7) is 0.761. The first-order chi connectivity index (χ1) is 8.61. The second-order valence-electron chi connectivity index (χ2n) is 4.48. The summed E-state index contributed by atoms with van der Waals surface area (Å²) in [5.41, 5.74) is 0.586. The van der Waals surface area contributed by atoms with E-state index in [2.05, 4.69) is 21.2 Å². The molecule has 98 valence electrons. The predicted molar refractivity (Wildman–Crippen MR) is 69.6 cm³/mol. The van der Waals surface area contributed by atoms with Crippen LogP contribution in [0.4, 0.5) is 4.39 Å². The van der Waals surface area contributed by atoms with Gasteiger partial charge in [-0.3, -0.25) is 0 Å². The van der Waals surface area contributed by atoms with E-state index in [0.29, 0.717) is 16.0 Å². The highest BCUT2D eigenvalue weighted by Gasteiger charge is 2.26. The maximum atomic E-state index is 13.5. The minimum atomic E-state index is -0.599. The molecule has 1 aliphatic rings. The zero-order valence-corrected chi connectivity index (χ0v) is 11.7. The predicted octanol–water partition coefficient (Wildman–Crippen LogP) is 2.80. The fourth-order valence-electron chi connectivity index (χ4n) is 1.75. The lowest BCUT2D eigenvalue weighted by molar-refractivity contribution is -0.143. The van der Waals surface area contributed by atoms with Crippen molar-refractivity contribution in [3.8, 4) is 0 Å². The van der Waals surface area contributed by atoms with E-state index in [9.17, 15) is 9.18 Å². The van der Waals surface area contributed by atoms with Gasteiger partial charge in [0.15, 0.2) is 0 Å². The Morgan fingerprint density at radius 2 is 2.33 bits per heavy atom. The highest BCUT2D eigenvalue weighted by atomic mass is 79.9. The van der Waals surface area contributed by atoms with Crippen LogP contribution in [-0.2, 0) is 9.53 Å². The van der Waals surface area contributed by atoms with Crippen LogP contribution < -0.4 is 5.32 Å². The van der Waals surface area contributed by atoms with E-state index in [1.165, 1.54) is 26.0 Å². The number of methoxy groups -OCH3 is 1. The van der Waals surface area contributed by atoms with E-state index in [0.717, 1.165) is 6.54 Å². The third-order valence-corrected chi connectivity index (χ3v) is 3.66. The Kier molecular flexibility index (Phi) is 4.35. The number of esters is 1. The number of carbonyl (C=O) groups is 1. The number of rotatable bonds is 5. The molecule has 0 aliphatic heterocycles. The second-order valence-corrected chi connectivity index (χ2v) is 5.34. The van der Waals surface area contributed by atoms with Gasteiger partial charge in [-0.25, -0.2) is 9.18 Å². The monoisotopic (exact) mass is 315 g/mol. The summed E-state index contributed by atoms with van der Waals surface area (Å²) in [5, 5.41) is 3.14. The van der Waals surface area contributed by atoms with Crippen molar-refractivity contribution in [1.29, 1.82) is 0 Å². The van der Waals surface area contributed by atoms with Crippen molar-refractivity contribution in [1.82, 2.24) is 5.32 Å². The van der Waals surface area contributed by atoms with E-state index in [1.807, 2.05) is 0 Å². The van der Waals surface area contributed by atoms with E-state index in [-0.39, 0.29) is 5.82 Å². The number of nitrogens with one attached hydrogen (secondary N) is 1. The number of hydrogen-bond donors (Lipinski definition) is 1. The fraction of sp³-hybridized carbons (Fsp3) is 0.462. The van der Waals surface area contributed by atoms with Crippen LogP contribution in [0.25, 0.3) is 0 Å². The van der Waals surface area contributed by atoms with Gasteiger partial charge in [-0.15, -0.1) is 0 Å². The van der Waals surface area contributed by atoms with Crippen LogP contribution in [0, 0.1) is 11.7 Å². The van der Waals surface area contributed by atoms with Gasteiger partial charge in [0.25, 0.3) is 0 Å². The maximum absolute atomic E-state index is 13.5. The Morgan fingerprint density at radius 3 is 2.89 bits per heavy atom. The van der Waals surface area contributed by atoms with Crippen LogP contribution in [-0.4, -0.2) is 19.6 Å². The Balaban J connectivity index is 2.14. The molecule has 1 aromatic rings. The smallest absolute Gasteiger partial charge is 0.327 e. The van der Waals surface area contributed by atoms with Crippen molar-refractivity contribution in [3.05, 3.63) is 34.1 Å². The van der Waals surface area contributed by atoms with Gasteiger partial charge in [0, 0.05) is 0 Å². The molecule has 1 unspecified atom stereocenters. The molecular weight excluding hydrogens is 301 g/mol. The molecule has 0 bridgehead atoms. The Hall–Kier alpha value is -0.940. The molecule has 1 N–H and O–H groups in total. The number of benzene rings is 1. The molecule has 1 aromatic carbocycles. The highest BCUT2D eigenvalue weighted by molar-refractivity contribution is 9.10. The first-order valence-corrected chi connectivity index (χ1v) is 6.67. The Bertz CT molecular complexity index is 449. The lowest BCUT2D eigenvalue weighted by Gasteiger charge is -2.17. The normalized spacial score (nSPS) is 16.4. The third kappa shape index (κ3) is 3.29. The summed E-state index contributed by atoms with van der Waals surface area (Å²) < 4.78 is 18.6. The van der Waals surface area contributed by atoms with Crippen molar-refractivity contribution in [2.75, 3.05) is 13.7 Å². The average molecular weight is 316 g/mol. The topological polar surface area (TPSA) is 38.3 Å². The number of hydrogen-bond acceptors (Lipinski definition) is 3. The average Bonchev–Trinajstić information content (AvgIpc) is 3.17. The van der Waals surface area contributed by atoms with Crippen LogP contribution in [0.1, 0.15) is 24.4 Å². The van der Waals surface area contributed by atoms with E-state index >= 15 is 0 Å². The van der Waals surface area contributed by atoms with Crippen LogP contribution >= 0.6 is 15.9 Å². The zero-order valence-electron chi connectivity index (χ0n) is 10.1. The summed E-state index contributed by atoms with van der Waals surface area (Å²) in [4.78, 5) is 11.7. The van der Waals surface area contributed by atoms with E-state index < -0.39 is 12.0 Å². The zero-order chi connectivity index (χ0) is 13.1. The molecule has 0 spiro atoms. The van der Waals surface area contributed by atoms with Crippen LogP contribution in [0.5, 0.6) is 0 Å².